The van der Waals surface area contributed by atoms with Gasteiger partial charge in [-0.3, -0.25) is 0 Å². The van der Waals surface area contributed by atoms with Gasteiger partial charge < -0.3 is 10.2 Å². The molecule has 0 spiro atoms. The van der Waals surface area contributed by atoms with Crippen LogP contribution in [0.1, 0.15) is 0 Å². The molecule has 0 aliphatic rings. The summed E-state index contributed by atoms with van der Waals surface area (Å²) in [6.45, 7) is -0.250. The molecule has 0 radical (unpaired) electrons. The van der Waals surface area contributed by atoms with Crippen LogP contribution in [0.5, 0.6) is 0 Å². The van der Waals surface area contributed by atoms with Crippen molar-refractivity contribution in [2.75, 3.05) is 13.2 Å². The van der Waals surface area contributed by atoms with E-state index in [1.54, 1.807) is 0 Å². The van der Waals surface area contributed by atoms with E-state index < -0.39 is 0 Å². The van der Waals surface area contributed by atoms with Crippen molar-refractivity contribution in [3.63, 3.8) is 0 Å². The normalized spacial score (nSPS) is 6.00. The highest BCUT2D eigenvalue weighted by molar-refractivity contribution is 5.75. The lowest BCUT2D eigenvalue weighted by atomic mass is 10.8. The Balaban J connectivity index is 0. The zero-order valence-corrected chi connectivity index (χ0v) is 2.31. The fraction of sp³-hybridized carbons (Fsp3) is 1.00. The van der Waals surface area contributed by atoms with Gasteiger partial charge in [-0.15, -0.1) is 0 Å². The van der Waals surface area contributed by atoms with Crippen LogP contribution < -0.4 is 0 Å². The van der Waals surface area contributed by atoms with Gasteiger partial charge in [0, 0.05) is 0 Å². The predicted octanol–water partition coefficient (Wildman–Crippen LogP) is -2.21. The van der Waals surface area contributed by atoms with Crippen LogP contribution in [-0.4, -0.2) is 31.8 Å². The maximum absolute atomic E-state index is 7.62. The average molecular weight is 75.9 g/mol. The first-order valence-electron chi connectivity index (χ1n) is 1.13. The maximum atomic E-state index is 7.62. The molecule has 0 bridgehead atoms. The van der Waals surface area contributed by atoms with Gasteiger partial charge in [-0.2, -0.15) is 0 Å². The van der Waals surface area contributed by atoms with Crippen molar-refractivity contribution in [1.29, 1.82) is 0 Å². The third kappa shape index (κ3) is 16.2. The molecule has 0 unspecified atom stereocenters. The van der Waals surface area contributed by atoms with Gasteiger partial charge in [-0.25, -0.2) is 0 Å². The van der Waals surface area contributed by atoms with Crippen LogP contribution in [0.4, 0.5) is 0 Å². The Morgan fingerprint density at radius 2 is 1.20 bits per heavy atom. The van der Waals surface area contributed by atoms with Crippen LogP contribution >= 0.6 is 0 Å². The summed E-state index contributed by atoms with van der Waals surface area (Å²) in [5.41, 5.74) is 0. The molecule has 0 fully saturated rings. The largest absolute Gasteiger partial charge is 0.394 e. The molecule has 0 atom stereocenters. The Hall–Kier alpha value is -0.0151. The van der Waals surface area contributed by atoms with Gasteiger partial charge in [0.1, 0.15) is 0 Å². The highest BCUT2D eigenvalue weighted by atomic mass is 16.3. The molecule has 32 valence electrons. The van der Waals surface area contributed by atoms with Crippen molar-refractivity contribution in [3.8, 4) is 0 Å². The van der Waals surface area contributed by atoms with Crippen molar-refractivity contribution in [1.82, 2.24) is 0 Å². The first-order chi connectivity index (χ1) is 1.91. The second-order valence-electron chi connectivity index (χ2n) is 0.447. The van der Waals surface area contributed by atoms with E-state index in [4.69, 9.17) is 10.2 Å². The Morgan fingerprint density at radius 1 is 1.00 bits per heavy atom. The van der Waals surface area contributed by atoms with E-state index in [0.29, 0.717) is 0 Å². The number of rotatable bonds is 1. The molecule has 0 aromatic rings. The smallest absolute Gasteiger partial charge is 0.0814 e. The van der Waals surface area contributed by atoms with Crippen molar-refractivity contribution < 1.29 is 10.2 Å². The van der Waals surface area contributed by atoms with Crippen molar-refractivity contribution in [3.05, 3.63) is 0 Å². The first kappa shape index (κ1) is 8.88. The molecule has 5 heavy (non-hydrogen) atoms. The summed E-state index contributed by atoms with van der Waals surface area (Å²) in [5, 5.41) is 15.2. The van der Waals surface area contributed by atoms with E-state index in [1.807, 2.05) is 0 Å². The van der Waals surface area contributed by atoms with Gasteiger partial charge in [0.25, 0.3) is 0 Å². The number of hydrogen-bond acceptors (Lipinski definition) is 2. The molecular formula is C2H9BO2. The third-order valence-electron chi connectivity index (χ3n) is 0.1000. The summed E-state index contributed by atoms with van der Waals surface area (Å²) in [6, 6.07) is 0. The van der Waals surface area contributed by atoms with Gasteiger partial charge in [-0.1, -0.05) is 0 Å². The fourth-order valence-corrected chi connectivity index (χ4v) is 0. The van der Waals surface area contributed by atoms with Gasteiger partial charge in [0.2, 0.25) is 0 Å². The SMILES string of the molecule is B.OCCO. The molecule has 0 rings (SSSR count). The lowest BCUT2D eigenvalue weighted by Gasteiger charge is -1.70. The predicted molar refractivity (Wildman–Crippen MR) is 24.1 cm³/mol. The lowest BCUT2D eigenvalue weighted by Crippen LogP contribution is -1.85. The highest BCUT2D eigenvalue weighted by Crippen LogP contribution is 1.39. The minimum atomic E-state index is -0.125. The van der Waals surface area contributed by atoms with Crippen molar-refractivity contribution in [2.45, 2.75) is 0 Å². The summed E-state index contributed by atoms with van der Waals surface area (Å²) in [5.74, 6) is 0. The van der Waals surface area contributed by atoms with E-state index in [2.05, 4.69) is 0 Å². The summed E-state index contributed by atoms with van der Waals surface area (Å²) < 4.78 is 0. The summed E-state index contributed by atoms with van der Waals surface area (Å²) >= 11 is 0. The average Bonchev–Trinajstić information content (AvgIpc) is 1.37. The quantitative estimate of drug-likeness (QED) is 0.347. The first-order valence-corrected chi connectivity index (χ1v) is 1.13. The zero-order valence-electron chi connectivity index (χ0n) is 2.31. The zero-order chi connectivity index (χ0) is 3.41. The monoisotopic (exact) mass is 76.1 g/mol. The molecule has 0 aliphatic heterocycles. The molecule has 0 aliphatic carbocycles. The summed E-state index contributed by atoms with van der Waals surface area (Å²) in [7, 11) is 0. The molecule has 0 aromatic heterocycles. The summed E-state index contributed by atoms with van der Waals surface area (Å²) in [4.78, 5) is 0. The number of hydrogen-bond donors (Lipinski definition) is 2. The highest BCUT2D eigenvalue weighted by Gasteiger charge is 1.58. The molecule has 3 heteroatoms. The maximum Gasteiger partial charge on any atom is 0.0814 e. The van der Waals surface area contributed by atoms with Crippen molar-refractivity contribution >= 4 is 8.41 Å². The Morgan fingerprint density at radius 3 is 1.20 bits per heavy atom. The molecule has 0 saturated carbocycles. The third-order valence-corrected chi connectivity index (χ3v) is 0.1000. The molecular weight excluding hydrogens is 66.8 g/mol. The van der Waals surface area contributed by atoms with Crippen LogP contribution in [-0.2, 0) is 0 Å². The second kappa shape index (κ2) is 9.01. The van der Waals surface area contributed by atoms with Crippen LogP contribution in [0.2, 0.25) is 0 Å². The van der Waals surface area contributed by atoms with E-state index >= 15 is 0 Å². The van der Waals surface area contributed by atoms with E-state index in [-0.39, 0.29) is 21.6 Å². The van der Waals surface area contributed by atoms with Crippen LogP contribution in [0.15, 0.2) is 0 Å². The fourth-order valence-electron chi connectivity index (χ4n) is 0. The molecule has 0 amide bonds. The summed E-state index contributed by atoms with van der Waals surface area (Å²) in [6.07, 6.45) is 0. The van der Waals surface area contributed by atoms with E-state index in [9.17, 15) is 0 Å². The van der Waals surface area contributed by atoms with Crippen LogP contribution in [0.25, 0.3) is 0 Å². The molecule has 0 heterocycles. The van der Waals surface area contributed by atoms with Crippen LogP contribution in [0.3, 0.4) is 0 Å². The molecule has 0 saturated heterocycles. The Labute approximate surface area is 33.0 Å². The van der Waals surface area contributed by atoms with E-state index in [0.717, 1.165) is 0 Å². The van der Waals surface area contributed by atoms with Gasteiger partial charge in [0.05, 0.1) is 21.6 Å². The molecule has 2 N–H and O–H groups in total. The van der Waals surface area contributed by atoms with Gasteiger partial charge in [-0.05, 0) is 0 Å². The van der Waals surface area contributed by atoms with Gasteiger partial charge in [0.15, 0.2) is 0 Å². The topological polar surface area (TPSA) is 40.5 Å². The minimum Gasteiger partial charge on any atom is -0.394 e. The molecule has 0 aromatic carbocycles. The number of aliphatic hydroxyl groups is 2. The van der Waals surface area contributed by atoms with Crippen LogP contribution in [0, 0.1) is 0 Å². The minimum absolute atomic E-state index is 0. The number of aliphatic hydroxyl groups excluding tert-OH is 2. The van der Waals surface area contributed by atoms with E-state index in [1.165, 1.54) is 0 Å². The Kier molecular flexibility index (Phi) is 16.0. The Bertz CT molecular complexity index is 9.61. The van der Waals surface area contributed by atoms with Gasteiger partial charge >= 0.3 is 0 Å². The second-order valence-corrected chi connectivity index (χ2v) is 0.447. The standard InChI is InChI=1S/C2H6O2.BH3/c3-1-2-4;/h3-4H,1-2H2;1H3. The molecule has 2 nitrogen and oxygen atoms in total. The lowest BCUT2D eigenvalue weighted by molar-refractivity contribution is 0.186. The van der Waals surface area contributed by atoms with Crippen molar-refractivity contribution in [2.24, 2.45) is 0 Å².